The molecule has 4 nitrogen and oxygen atoms in total. The first-order chi connectivity index (χ1) is 6.77. The minimum atomic E-state index is -0.182. The first kappa shape index (κ1) is 11.1. The van der Waals surface area contributed by atoms with E-state index in [0.717, 1.165) is 11.5 Å². The van der Waals surface area contributed by atoms with E-state index in [9.17, 15) is 4.79 Å². The molecule has 0 spiro atoms. The molecule has 0 unspecified atom stereocenters. The highest BCUT2D eigenvalue weighted by Crippen LogP contribution is 2.17. The van der Waals surface area contributed by atoms with Crippen LogP contribution in [0.15, 0.2) is 21.6 Å². The van der Waals surface area contributed by atoms with Crippen molar-refractivity contribution in [2.24, 2.45) is 5.73 Å². The Morgan fingerprint density at radius 3 is 3.00 bits per heavy atom. The Morgan fingerprint density at radius 2 is 2.43 bits per heavy atom. The maximum atomic E-state index is 11.4. The second kappa shape index (κ2) is 5.72. The van der Waals surface area contributed by atoms with Crippen molar-refractivity contribution in [3.63, 3.8) is 0 Å². The average molecular weight is 214 g/mol. The summed E-state index contributed by atoms with van der Waals surface area (Å²) >= 11 is 1.47. The van der Waals surface area contributed by atoms with Gasteiger partial charge in [0.05, 0.1) is 0 Å². The molecule has 0 fully saturated rings. The summed E-state index contributed by atoms with van der Waals surface area (Å²) in [6, 6.07) is 3.45. The van der Waals surface area contributed by atoms with E-state index in [0.29, 0.717) is 18.8 Å². The Morgan fingerprint density at radius 1 is 1.64 bits per heavy atom. The molecule has 1 heterocycles. The molecule has 1 aromatic rings. The van der Waals surface area contributed by atoms with E-state index in [2.05, 4.69) is 5.32 Å². The Labute approximate surface area is 87.2 Å². The summed E-state index contributed by atoms with van der Waals surface area (Å²) in [5.41, 5.74) is 5.30. The molecule has 3 N–H and O–H groups in total. The van der Waals surface area contributed by atoms with Crippen LogP contribution in [0.1, 0.15) is 17.0 Å². The SMILES string of the molecule is CSc1ccc(C(=O)NCCCN)o1. The van der Waals surface area contributed by atoms with Crippen LogP contribution in [0.4, 0.5) is 0 Å². The van der Waals surface area contributed by atoms with E-state index in [1.54, 1.807) is 12.1 Å². The number of amides is 1. The second-order valence-electron chi connectivity index (χ2n) is 2.72. The fraction of sp³-hybridized carbons (Fsp3) is 0.444. The van der Waals surface area contributed by atoms with Crippen LogP contribution >= 0.6 is 11.8 Å². The number of nitrogens with two attached hydrogens (primary N) is 1. The van der Waals surface area contributed by atoms with Crippen LogP contribution in [0.5, 0.6) is 0 Å². The third-order valence-corrected chi connectivity index (χ3v) is 2.29. The van der Waals surface area contributed by atoms with E-state index in [-0.39, 0.29) is 5.91 Å². The molecule has 1 rings (SSSR count). The van der Waals surface area contributed by atoms with Gasteiger partial charge in [0.25, 0.3) is 5.91 Å². The van der Waals surface area contributed by atoms with Crippen molar-refractivity contribution in [1.29, 1.82) is 0 Å². The van der Waals surface area contributed by atoms with Crippen molar-refractivity contribution < 1.29 is 9.21 Å². The number of thioether (sulfide) groups is 1. The van der Waals surface area contributed by atoms with Gasteiger partial charge in [0.1, 0.15) is 0 Å². The summed E-state index contributed by atoms with van der Waals surface area (Å²) in [5.74, 6) is 0.171. The van der Waals surface area contributed by atoms with Gasteiger partial charge < -0.3 is 15.5 Å². The van der Waals surface area contributed by atoms with Gasteiger partial charge in [-0.25, -0.2) is 0 Å². The number of hydrogen-bond donors (Lipinski definition) is 2. The number of hydrogen-bond acceptors (Lipinski definition) is 4. The molecule has 0 bridgehead atoms. The highest BCUT2D eigenvalue weighted by Gasteiger charge is 2.09. The van der Waals surface area contributed by atoms with Crippen molar-refractivity contribution in [1.82, 2.24) is 5.32 Å². The summed E-state index contributed by atoms with van der Waals surface area (Å²) in [4.78, 5) is 11.4. The summed E-state index contributed by atoms with van der Waals surface area (Å²) in [6.07, 6.45) is 2.68. The summed E-state index contributed by atoms with van der Waals surface area (Å²) in [7, 11) is 0. The summed E-state index contributed by atoms with van der Waals surface area (Å²) in [6.45, 7) is 1.17. The molecule has 0 aliphatic heterocycles. The van der Waals surface area contributed by atoms with Crippen LogP contribution in [-0.4, -0.2) is 25.3 Å². The highest BCUT2D eigenvalue weighted by atomic mass is 32.2. The Balaban J connectivity index is 2.44. The monoisotopic (exact) mass is 214 g/mol. The van der Waals surface area contributed by atoms with Crippen LogP contribution < -0.4 is 11.1 Å². The standard InChI is InChI=1S/C9H14N2O2S/c1-14-8-4-3-7(13-8)9(12)11-6-2-5-10/h3-4H,2,5-6,10H2,1H3,(H,11,12). The highest BCUT2D eigenvalue weighted by molar-refractivity contribution is 7.98. The predicted molar refractivity (Wildman–Crippen MR) is 56.5 cm³/mol. The number of carbonyl (C=O) groups is 1. The van der Waals surface area contributed by atoms with Crippen molar-refractivity contribution in [2.75, 3.05) is 19.3 Å². The maximum Gasteiger partial charge on any atom is 0.287 e. The lowest BCUT2D eigenvalue weighted by atomic mass is 10.4. The largest absolute Gasteiger partial charge is 0.445 e. The molecule has 0 atom stereocenters. The third kappa shape index (κ3) is 3.08. The second-order valence-corrected chi connectivity index (χ2v) is 3.53. The fourth-order valence-electron chi connectivity index (χ4n) is 0.943. The molecular weight excluding hydrogens is 200 g/mol. The molecule has 0 radical (unpaired) electrons. The zero-order valence-corrected chi connectivity index (χ0v) is 8.89. The van der Waals surface area contributed by atoms with Crippen LogP contribution in [0.25, 0.3) is 0 Å². The number of furan rings is 1. The minimum absolute atomic E-state index is 0.182. The van der Waals surface area contributed by atoms with Gasteiger partial charge in [-0.05, 0) is 31.4 Å². The van der Waals surface area contributed by atoms with E-state index in [1.807, 2.05) is 6.26 Å². The van der Waals surface area contributed by atoms with Gasteiger partial charge in [0, 0.05) is 6.54 Å². The zero-order valence-electron chi connectivity index (χ0n) is 8.08. The molecule has 0 saturated heterocycles. The van der Waals surface area contributed by atoms with Crippen molar-refractivity contribution in [3.05, 3.63) is 17.9 Å². The third-order valence-electron chi connectivity index (χ3n) is 1.67. The molecule has 1 amide bonds. The summed E-state index contributed by atoms with van der Waals surface area (Å²) < 4.78 is 5.24. The molecule has 0 aliphatic rings. The van der Waals surface area contributed by atoms with Gasteiger partial charge in [-0.3, -0.25) is 4.79 Å². The molecule has 1 aromatic heterocycles. The number of nitrogens with one attached hydrogen (secondary N) is 1. The Kier molecular flexibility index (Phi) is 4.55. The van der Waals surface area contributed by atoms with Gasteiger partial charge in [0.15, 0.2) is 10.9 Å². The van der Waals surface area contributed by atoms with E-state index in [1.165, 1.54) is 11.8 Å². The number of rotatable bonds is 5. The lowest BCUT2D eigenvalue weighted by molar-refractivity contribution is 0.0921. The average Bonchev–Trinajstić information content (AvgIpc) is 2.66. The molecular formula is C9H14N2O2S. The Bertz CT molecular complexity index is 299. The van der Waals surface area contributed by atoms with Crippen LogP contribution in [-0.2, 0) is 0 Å². The zero-order chi connectivity index (χ0) is 10.4. The maximum absolute atomic E-state index is 11.4. The van der Waals surface area contributed by atoms with Crippen molar-refractivity contribution in [3.8, 4) is 0 Å². The first-order valence-electron chi connectivity index (χ1n) is 4.40. The Hall–Kier alpha value is -0.940. The van der Waals surface area contributed by atoms with E-state index >= 15 is 0 Å². The summed E-state index contributed by atoms with van der Waals surface area (Å²) in [5, 5.41) is 3.46. The lowest BCUT2D eigenvalue weighted by Gasteiger charge is -2.00. The minimum Gasteiger partial charge on any atom is -0.445 e. The van der Waals surface area contributed by atoms with E-state index in [4.69, 9.17) is 10.2 Å². The molecule has 5 heteroatoms. The lowest BCUT2D eigenvalue weighted by Crippen LogP contribution is -2.25. The van der Waals surface area contributed by atoms with Gasteiger partial charge in [0.2, 0.25) is 0 Å². The van der Waals surface area contributed by atoms with Gasteiger partial charge in [-0.15, -0.1) is 0 Å². The van der Waals surface area contributed by atoms with Crippen LogP contribution in [0.3, 0.4) is 0 Å². The normalized spacial score (nSPS) is 10.1. The molecule has 0 aromatic carbocycles. The van der Waals surface area contributed by atoms with Crippen molar-refractivity contribution >= 4 is 17.7 Å². The van der Waals surface area contributed by atoms with Gasteiger partial charge >= 0.3 is 0 Å². The molecule has 78 valence electrons. The van der Waals surface area contributed by atoms with Crippen LogP contribution in [0, 0.1) is 0 Å². The van der Waals surface area contributed by atoms with Gasteiger partial charge in [-0.1, -0.05) is 11.8 Å². The topological polar surface area (TPSA) is 68.3 Å². The van der Waals surface area contributed by atoms with E-state index < -0.39 is 0 Å². The molecule has 0 saturated carbocycles. The van der Waals surface area contributed by atoms with Gasteiger partial charge in [-0.2, -0.15) is 0 Å². The van der Waals surface area contributed by atoms with Crippen LogP contribution in [0.2, 0.25) is 0 Å². The molecule has 0 aliphatic carbocycles. The van der Waals surface area contributed by atoms with Crippen molar-refractivity contribution in [2.45, 2.75) is 11.5 Å². The quantitative estimate of drug-likeness (QED) is 0.568. The smallest absolute Gasteiger partial charge is 0.287 e. The fourth-order valence-corrected chi connectivity index (χ4v) is 1.32. The predicted octanol–water partition coefficient (Wildman–Crippen LogP) is 1.08. The first-order valence-corrected chi connectivity index (χ1v) is 5.62. The number of carbonyl (C=O) groups excluding carboxylic acids is 1. The molecule has 14 heavy (non-hydrogen) atoms.